The minimum atomic E-state index is -0.184. The van der Waals surface area contributed by atoms with Crippen LogP contribution in [0.2, 0.25) is 0 Å². The summed E-state index contributed by atoms with van der Waals surface area (Å²) in [6, 6.07) is 14.6. The predicted molar refractivity (Wildman–Crippen MR) is 112 cm³/mol. The van der Waals surface area contributed by atoms with Crippen molar-refractivity contribution in [2.24, 2.45) is 7.05 Å². The van der Waals surface area contributed by atoms with Crippen molar-refractivity contribution in [2.45, 2.75) is 25.6 Å². The highest BCUT2D eigenvalue weighted by Gasteiger charge is 2.13. The van der Waals surface area contributed by atoms with Crippen LogP contribution in [-0.4, -0.2) is 32.2 Å². The topological polar surface area (TPSA) is 86.1 Å². The number of nitrogens with zero attached hydrogens (tertiary/aromatic N) is 3. The smallest absolute Gasteiger partial charge is 0.234 e. The van der Waals surface area contributed by atoms with Crippen LogP contribution in [0.15, 0.2) is 53.7 Å². The third kappa shape index (κ3) is 5.45. The van der Waals surface area contributed by atoms with E-state index in [0.717, 1.165) is 11.3 Å². The van der Waals surface area contributed by atoms with E-state index in [1.165, 1.54) is 18.7 Å². The molecule has 0 unspecified atom stereocenters. The second-order valence-corrected chi connectivity index (χ2v) is 7.43. The highest BCUT2D eigenvalue weighted by Crippen LogP contribution is 2.20. The van der Waals surface area contributed by atoms with Crippen molar-refractivity contribution in [1.29, 1.82) is 0 Å². The minimum Gasteiger partial charge on any atom is -0.485 e. The molecule has 3 aromatic rings. The van der Waals surface area contributed by atoms with E-state index in [9.17, 15) is 9.59 Å². The van der Waals surface area contributed by atoms with Crippen molar-refractivity contribution in [2.75, 3.05) is 11.1 Å². The number of hydrogen-bond donors (Lipinski definition) is 1. The van der Waals surface area contributed by atoms with Gasteiger partial charge in [0, 0.05) is 18.3 Å². The molecule has 1 amide bonds. The van der Waals surface area contributed by atoms with E-state index >= 15 is 0 Å². The SMILES string of the molecule is CC(=O)c1cccc(NC(=O)CSc2nnc(COc3ccccc3C)n2C)c1. The Hall–Kier alpha value is -3.13. The number of rotatable bonds is 8. The van der Waals surface area contributed by atoms with Gasteiger partial charge < -0.3 is 14.6 Å². The number of Topliss-reactive ketones (excluding diaryl/α,β-unsaturated/α-hetero) is 1. The molecule has 0 aliphatic heterocycles. The molecule has 2 aromatic carbocycles. The highest BCUT2D eigenvalue weighted by atomic mass is 32.2. The molecule has 1 N–H and O–H groups in total. The molecule has 3 rings (SSSR count). The first-order chi connectivity index (χ1) is 13.9. The largest absolute Gasteiger partial charge is 0.485 e. The van der Waals surface area contributed by atoms with Crippen molar-refractivity contribution < 1.29 is 14.3 Å². The van der Waals surface area contributed by atoms with E-state index in [-0.39, 0.29) is 17.4 Å². The molecule has 0 radical (unpaired) electrons. The fraction of sp³-hybridized carbons (Fsp3) is 0.238. The minimum absolute atomic E-state index is 0.0463. The van der Waals surface area contributed by atoms with Crippen LogP contribution in [0.3, 0.4) is 0 Å². The summed E-state index contributed by atoms with van der Waals surface area (Å²) in [5, 5.41) is 11.7. The average molecular weight is 410 g/mol. The summed E-state index contributed by atoms with van der Waals surface area (Å²) in [4.78, 5) is 23.7. The number of benzene rings is 2. The van der Waals surface area contributed by atoms with Gasteiger partial charge >= 0.3 is 0 Å². The van der Waals surface area contributed by atoms with Crippen LogP contribution < -0.4 is 10.1 Å². The second kappa shape index (κ2) is 9.38. The number of aromatic nitrogens is 3. The Labute approximate surface area is 173 Å². The zero-order valence-corrected chi connectivity index (χ0v) is 17.3. The molecule has 0 atom stereocenters. The first-order valence-corrected chi connectivity index (χ1v) is 10.0. The Kier molecular flexibility index (Phi) is 6.66. The lowest BCUT2D eigenvalue weighted by Gasteiger charge is -2.09. The summed E-state index contributed by atoms with van der Waals surface area (Å²) in [7, 11) is 1.84. The van der Waals surface area contributed by atoms with E-state index in [0.29, 0.717) is 28.8 Å². The average Bonchev–Trinajstić information content (AvgIpc) is 3.05. The van der Waals surface area contributed by atoms with Crippen LogP contribution in [-0.2, 0) is 18.4 Å². The maximum absolute atomic E-state index is 12.2. The fourth-order valence-corrected chi connectivity index (χ4v) is 3.33. The third-order valence-corrected chi connectivity index (χ3v) is 5.28. The summed E-state index contributed by atoms with van der Waals surface area (Å²) in [6.45, 7) is 3.77. The van der Waals surface area contributed by atoms with Crippen LogP contribution in [0, 0.1) is 6.92 Å². The van der Waals surface area contributed by atoms with E-state index < -0.39 is 0 Å². The summed E-state index contributed by atoms with van der Waals surface area (Å²) in [6.07, 6.45) is 0. The van der Waals surface area contributed by atoms with Crippen LogP contribution in [0.4, 0.5) is 5.69 Å². The Morgan fingerprint density at radius 2 is 1.93 bits per heavy atom. The van der Waals surface area contributed by atoms with E-state index in [1.807, 2.05) is 42.8 Å². The molecule has 0 fully saturated rings. The van der Waals surface area contributed by atoms with Crippen molar-refractivity contribution in [3.8, 4) is 5.75 Å². The number of carbonyl (C=O) groups is 2. The van der Waals surface area contributed by atoms with Gasteiger partial charge in [0.05, 0.1) is 5.75 Å². The molecule has 0 bridgehead atoms. The standard InChI is InChI=1S/C21H22N4O3S/c1-14-7-4-5-10-18(14)28-12-19-23-24-21(25(19)3)29-13-20(27)22-17-9-6-8-16(11-17)15(2)26/h4-11H,12-13H2,1-3H3,(H,22,27). The number of ketones is 1. The van der Waals surface area contributed by atoms with Gasteiger partial charge in [-0.3, -0.25) is 9.59 Å². The lowest BCUT2D eigenvalue weighted by molar-refractivity contribution is -0.113. The van der Waals surface area contributed by atoms with E-state index in [1.54, 1.807) is 24.3 Å². The number of para-hydroxylation sites is 1. The monoisotopic (exact) mass is 410 g/mol. The number of anilines is 1. The van der Waals surface area contributed by atoms with Crippen LogP contribution >= 0.6 is 11.8 Å². The molecule has 1 aromatic heterocycles. The maximum atomic E-state index is 12.2. The molecule has 29 heavy (non-hydrogen) atoms. The Morgan fingerprint density at radius 3 is 2.69 bits per heavy atom. The van der Waals surface area contributed by atoms with E-state index in [4.69, 9.17) is 4.74 Å². The van der Waals surface area contributed by atoms with Gasteiger partial charge in [0.2, 0.25) is 5.91 Å². The fourth-order valence-electron chi connectivity index (χ4n) is 2.60. The molecular formula is C21H22N4O3S. The Morgan fingerprint density at radius 1 is 1.14 bits per heavy atom. The zero-order chi connectivity index (χ0) is 20.8. The van der Waals surface area contributed by atoms with Crippen LogP contribution in [0.1, 0.15) is 28.7 Å². The maximum Gasteiger partial charge on any atom is 0.234 e. The molecule has 0 spiro atoms. The zero-order valence-electron chi connectivity index (χ0n) is 16.5. The second-order valence-electron chi connectivity index (χ2n) is 6.49. The number of carbonyl (C=O) groups excluding carboxylic acids is 2. The molecule has 0 aliphatic carbocycles. The van der Waals surface area contributed by atoms with Crippen molar-refractivity contribution in [3.05, 3.63) is 65.5 Å². The van der Waals surface area contributed by atoms with Gasteiger partial charge in [-0.15, -0.1) is 10.2 Å². The summed E-state index contributed by atoms with van der Waals surface area (Å²) >= 11 is 1.29. The molecule has 7 nitrogen and oxygen atoms in total. The Bertz CT molecular complexity index is 1030. The lowest BCUT2D eigenvalue weighted by Crippen LogP contribution is -2.15. The van der Waals surface area contributed by atoms with Gasteiger partial charge in [-0.05, 0) is 37.6 Å². The van der Waals surface area contributed by atoms with Crippen LogP contribution in [0.5, 0.6) is 5.75 Å². The number of ether oxygens (including phenoxy) is 1. The summed E-state index contributed by atoms with van der Waals surface area (Å²) in [5.41, 5.74) is 2.20. The van der Waals surface area contributed by atoms with Gasteiger partial charge in [0.1, 0.15) is 12.4 Å². The van der Waals surface area contributed by atoms with Crippen molar-refractivity contribution in [3.63, 3.8) is 0 Å². The highest BCUT2D eigenvalue weighted by molar-refractivity contribution is 7.99. The first kappa shape index (κ1) is 20.6. The molecule has 1 heterocycles. The van der Waals surface area contributed by atoms with Crippen LogP contribution in [0.25, 0.3) is 0 Å². The number of nitrogens with one attached hydrogen (secondary N) is 1. The molecule has 0 saturated carbocycles. The number of thioether (sulfide) groups is 1. The molecular weight excluding hydrogens is 388 g/mol. The molecule has 150 valence electrons. The number of hydrogen-bond acceptors (Lipinski definition) is 6. The predicted octanol–water partition coefficient (Wildman–Crippen LogP) is 3.64. The van der Waals surface area contributed by atoms with Crippen molar-refractivity contribution >= 4 is 29.1 Å². The number of aryl methyl sites for hydroxylation is 1. The lowest BCUT2D eigenvalue weighted by atomic mass is 10.1. The summed E-state index contributed by atoms with van der Waals surface area (Å²) in [5.74, 6) is 1.42. The van der Waals surface area contributed by atoms with Gasteiger partial charge in [-0.2, -0.15) is 0 Å². The van der Waals surface area contributed by atoms with E-state index in [2.05, 4.69) is 15.5 Å². The van der Waals surface area contributed by atoms with Gasteiger partial charge in [-0.25, -0.2) is 0 Å². The van der Waals surface area contributed by atoms with Gasteiger partial charge in [0.15, 0.2) is 16.8 Å². The van der Waals surface area contributed by atoms with Gasteiger partial charge in [0.25, 0.3) is 0 Å². The molecule has 0 aliphatic rings. The first-order valence-electron chi connectivity index (χ1n) is 9.04. The van der Waals surface area contributed by atoms with Crippen molar-refractivity contribution in [1.82, 2.24) is 14.8 Å². The molecule has 8 heteroatoms. The summed E-state index contributed by atoms with van der Waals surface area (Å²) < 4.78 is 7.62. The molecule has 0 saturated heterocycles. The number of amides is 1. The quantitative estimate of drug-likeness (QED) is 0.451. The van der Waals surface area contributed by atoms with Gasteiger partial charge in [-0.1, -0.05) is 42.1 Å². The normalized spacial score (nSPS) is 10.6. The third-order valence-electron chi connectivity index (χ3n) is 4.26. The Balaban J connectivity index is 1.54.